The summed E-state index contributed by atoms with van der Waals surface area (Å²) in [4.78, 5) is 23.8. The number of hydrogen-bond donors (Lipinski definition) is 6. The predicted octanol–water partition coefficient (Wildman–Crippen LogP) is 2.34. The van der Waals surface area contributed by atoms with Crippen LogP contribution >= 0.6 is 0 Å². The van der Waals surface area contributed by atoms with E-state index in [4.69, 9.17) is 0 Å². The molecule has 0 aliphatic rings. The summed E-state index contributed by atoms with van der Waals surface area (Å²) in [5.41, 5.74) is 1.70. The van der Waals surface area contributed by atoms with Crippen LogP contribution in [0.5, 0.6) is 0 Å². The molecule has 0 spiro atoms. The van der Waals surface area contributed by atoms with Crippen LogP contribution in [0.4, 0.5) is 4.79 Å². The molecule has 0 heterocycles. The summed E-state index contributed by atoms with van der Waals surface area (Å²) < 4.78 is 0. The second-order valence-electron chi connectivity index (χ2n) is 10.1. The third-order valence-electron chi connectivity index (χ3n) is 5.58. The Morgan fingerprint density at radius 3 is 1.60 bits per heavy atom. The molecule has 6 N–H and O–H groups in total. The molecule has 0 fully saturated rings. The minimum Gasteiger partial charge on any atom is -0.465 e. The van der Waals surface area contributed by atoms with Crippen LogP contribution in [0.2, 0.25) is 0 Å². The second-order valence-corrected chi connectivity index (χ2v) is 10.1. The fraction of sp³-hybridized carbons (Fsp3) is 0.481. The van der Waals surface area contributed by atoms with Crippen LogP contribution < -0.4 is 16.0 Å². The van der Waals surface area contributed by atoms with E-state index in [9.17, 15) is 24.9 Å². The largest absolute Gasteiger partial charge is 0.465 e. The molecule has 0 aromatic heterocycles. The zero-order chi connectivity index (χ0) is 25.8. The number of aliphatic hydroxyl groups excluding tert-OH is 2. The molecule has 0 bridgehead atoms. The van der Waals surface area contributed by atoms with E-state index in [0.29, 0.717) is 19.3 Å². The first-order valence-electron chi connectivity index (χ1n) is 12.0. The number of rotatable bonds is 13. The molecule has 35 heavy (non-hydrogen) atoms. The maximum atomic E-state index is 12.6. The van der Waals surface area contributed by atoms with Crippen molar-refractivity contribution in [2.45, 2.75) is 64.3 Å². The molecule has 192 valence electrons. The zero-order valence-electron chi connectivity index (χ0n) is 20.8. The highest BCUT2D eigenvalue weighted by atomic mass is 16.4. The standard InChI is InChI=1S/C27H39N3O5/c1-27(2,3)16-25(33)29-21(14-19-10-6-4-7-11-19)23(31)17-28-18-24(32)22(30-26(34)35)15-20-12-8-5-9-13-20/h4-13,21-24,28,30-32H,14-18H2,1-3H3,(H,29,33)(H,34,35)/t21-,22-,23?,24+/m0/s1. The van der Waals surface area contributed by atoms with E-state index in [1.165, 1.54) is 0 Å². The lowest BCUT2D eigenvalue weighted by molar-refractivity contribution is -0.124. The molecule has 8 nitrogen and oxygen atoms in total. The smallest absolute Gasteiger partial charge is 0.404 e. The Bertz CT molecular complexity index is 902. The molecule has 2 amide bonds. The Morgan fingerprint density at radius 2 is 1.20 bits per heavy atom. The molecule has 0 aliphatic heterocycles. The van der Waals surface area contributed by atoms with E-state index >= 15 is 0 Å². The molecule has 4 atom stereocenters. The van der Waals surface area contributed by atoms with Crippen molar-refractivity contribution in [3.05, 3.63) is 71.8 Å². The first-order chi connectivity index (χ1) is 16.5. The second kappa shape index (κ2) is 13.8. The van der Waals surface area contributed by atoms with Gasteiger partial charge in [-0.15, -0.1) is 0 Å². The van der Waals surface area contributed by atoms with Gasteiger partial charge in [0.2, 0.25) is 5.91 Å². The number of carboxylic acid groups (broad SMARTS) is 1. The van der Waals surface area contributed by atoms with Crippen molar-refractivity contribution in [2.24, 2.45) is 5.41 Å². The average Bonchev–Trinajstić information content (AvgIpc) is 2.78. The Morgan fingerprint density at radius 1 is 0.771 bits per heavy atom. The lowest BCUT2D eigenvalue weighted by Gasteiger charge is -2.28. The molecule has 0 radical (unpaired) electrons. The van der Waals surface area contributed by atoms with Gasteiger partial charge in [0.25, 0.3) is 0 Å². The first-order valence-corrected chi connectivity index (χ1v) is 12.0. The normalized spacial score (nSPS) is 15.0. The van der Waals surface area contributed by atoms with Gasteiger partial charge in [0.05, 0.1) is 24.3 Å². The summed E-state index contributed by atoms with van der Waals surface area (Å²) in [6.45, 7) is 6.14. The van der Waals surface area contributed by atoms with Gasteiger partial charge in [0.15, 0.2) is 0 Å². The summed E-state index contributed by atoms with van der Waals surface area (Å²) in [5.74, 6) is -0.133. The summed E-state index contributed by atoms with van der Waals surface area (Å²) in [6, 6.07) is 17.7. The van der Waals surface area contributed by atoms with Gasteiger partial charge < -0.3 is 31.3 Å². The quantitative estimate of drug-likeness (QED) is 0.258. The number of carbonyl (C=O) groups excluding carboxylic acids is 1. The van der Waals surface area contributed by atoms with Crippen molar-refractivity contribution in [3.8, 4) is 0 Å². The number of benzene rings is 2. The lowest BCUT2D eigenvalue weighted by Crippen LogP contribution is -2.52. The Kier molecular flexibility index (Phi) is 11.2. The van der Waals surface area contributed by atoms with Crippen molar-refractivity contribution >= 4 is 12.0 Å². The van der Waals surface area contributed by atoms with E-state index < -0.39 is 30.4 Å². The van der Waals surface area contributed by atoms with Crippen LogP contribution in [0, 0.1) is 5.41 Å². The molecule has 0 aliphatic carbocycles. The van der Waals surface area contributed by atoms with Crippen LogP contribution in [-0.4, -0.2) is 64.7 Å². The highest BCUT2D eigenvalue weighted by Gasteiger charge is 2.26. The minimum absolute atomic E-state index is 0.0723. The van der Waals surface area contributed by atoms with Crippen molar-refractivity contribution in [1.82, 2.24) is 16.0 Å². The Balaban J connectivity index is 1.97. The molecule has 0 saturated heterocycles. The van der Waals surface area contributed by atoms with E-state index in [1.54, 1.807) is 0 Å². The lowest BCUT2D eigenvalue weighted by atomic mass is 9.91. The third-order valence-corrected chi connectivity index (χ3v) is 5.58. The van der Waals surface area contributed by atoms with Crippen LogP contribution in [0.25, 0.3) is 0 Å². The predicted molar refractivity (Wildman–Crippen MR) is 136 cm³/mol. The van der Waals surface area contributed by atoms with Crippen LogP contribution in [0.15, 0.2) is 60.7 Å². The highest BCUT2D eigenvalue weighted by molar-refractivity contribution is 5.77. The molecule has 2 aromatic carbocycles. The van der Waals surface area contributed by atoms with Gasteiger partial charge in [-0.25, -0.2) is 4.79 Å². The van der Waals surface area contributed by atoms with Gasteiger partial charge in [-0.2, -0.15) is 0 Å². The molecule has 0 saturated carbocycles. The highest BCUT2D eigenvalue weighted by Crippen LogP contribution is 2.18. The topological polar surface area (TPSA) is 131 Å². The van der Waals surface area contributed by atoms with Crippen molar-refractivity contribution in [3.63, 3.8) is 0 Å². The number of nitrogens with one attached hydrogen (secondary N) is 3. The van der Waals surface area contributed by atoms with Gasteiger partial charge in [0.1, 0.15) is 0 Å². The number of hydrogen-bond acceptors (Lipinski definition) is 5. The SMILES string of the molecule is CC(C)(C)CC(=O)N[C@@H](Cc1ccccc1)C(O)CNC[C@@H](O)[C@H](Cc1ccccc1)NC(=O)O. The maximum absolute atomic E-state index is 12.6. The average molecular weight is 486 g/mol. The summed E-state index contributed by atoms with van der Waals surface area (Å²) in [7, 11) is 0. The van der Waals surface area contributed by atoms with Gasteiger partial charge in [0, 0.05) is 19.5 Å². The van der Waals surface area contributed by atoms with E-state index in [0.717, 1.165) is 11.1 Å². The fourth-order valence-electron chi connectivity index (χ4n) is 3.86. The third kappa shape index (κ3) is 11.4. The van der Waals surface area contributed by atoms with Crippen molar-refractivity contribution in [1.29, 1.82) is 0 Å². The Labute approximate surface area is 207 Å². The van der Waals surface area contributed by atoms with Gasteiger partial charge in [-0.1, -0.05) is 81.4 Å². The van der Waals surface area contributed by atoms with E-state index in [1.807, 2.05) is 81.4 Å². The van der Waals surface area contributed by atoms with Crippen molar-refractivity contribution < 1.29 is 24.9 Å². The van der Waals surface area contributed by atoms with Gasteiger partial charge in [-0.3, -0.25) is 4.79 Å². The zero-order valence-corrected chi connectivity index (χ0v) is 20.8. The molecule has 2 rings (SSSR count). The molecular formula is C27H39N3O5. The number of amides is 2. The van der Waals surface area contributed by atoms with Crippen molar-refractivity contribution in [2.75, 3.05) is 13.1 Å². The summed E-state index contributed by atoms with van der Waals surface area (Å²) >= 11 is 0. The van der Waals surface area contributed by atoms with Crippen LogP contribution in [-0.2, 0) is 17.6 Å². The molecule has 8 heteroatoms. The minimum atomic E-state index is -1.21. The van der Waals surface area contributed by atoms with Crippen LogP contribution in [0.1, 0.15) is 38.3 Å². The van der Waals surface area contributed by atoms with Gasteiger partial charge >= 0.3 is 6.09 Å². The fourth-order valence-corrected chi connectivity index (χ4v) is 3.86. The number of aliphatic hydroxyl groups is 2. The molecular weight excluding hydrogens is 446 g/mol. The van der Waals surface area contributed by atoms with E-state index in [2.05, 4.69) is 16.0 Å². The van der Waals surface area contributed by atoms with Gasteiger partial charge in [-0.05, 0) is 29.4 Å². The Hall–Kier alpha value is -2.94. The molecule has 2 aromatic rings. The van der Waals surface area contributed by atoms with E-state index in [-0.39, 0.29) is 24.4 Å². The summed E-state index contributed by atoms with van der Waals surface area (Å²) in [5, 5.41) is 39.1. The van der Waals surface area contributed by atoms with Crippen LogP contribution in [0.3, 0.4) is 0 Å². The molecule has 1 unspecified atom stereocenters. The maximum Gasteiger partial charge on any atom is 0.404 e. The number of carbonyl (C=O) groups is 2. The monoisotopic (exact) mass is 485 g/mol. The summed E-state index contributed by atoms with van der Waals surface area (Å²) in [6.07, 6.45) is -2.02. The first kappa shape index (κ1) is 28.3.